The Morgan fingerprint density at radius 2 is 2.46 bits per heavy atom. The number of aliphatic imine (C=N–C) groups is 1. The quantitative estimate of drug-likeness (QED) is 0.656. The van der Waals surface area contributed by atoms with Crippen LogP contribution < -0.4 is 5.73 Å². The van der Waals surface area contributed by atoms with Gasteiger partial charge in [0.25, 0.3) is 6.02 Å². The van der Waals surface area contributed by atoms with Crippen LogP contribution in [-0.2, 0) is 4.74 Å². The van der Waals surface area contributed by atoms with Crippen LogP contribution in [0.3, 0.4) is 0 Å². The molecule has 2 atom stereocenters. The van der Waals surface area contributed by atoms with Gasteiger partial charge in [-0.3, -0.25) is 0 Å². The second-order valence-corrected chi connectivity index (χ2v) is 3.75. The number of allylic oxidation sites excluding steroid dienone is 3. The van der Waals surface area contributed by atoms with Gasteiger partial charge in [-0.2, -0.15) is 0 Å². The van der Waals surface area contributed by atoms with Crippen LogP contribution in [0.15, 0.2) is 29.3 Å². The molecule has 0 bridgehead atoms. The van der Waals surface area contributed by atoms with Crippen molar-refractivity contribution in [2.75, 3.05) is 6.61 Å². The Morgan fingerprint density at radius 1 is 1.62 bits per heavy atom. The molecule has 0 aromatic rings. The van der Waals surface area contributed by atoms with E-state index >= 15 is 0 Å². The predicted molar refractivity (Wildman–Crippen MR) is 52.4 cm³/mol. The van der Waals surface area contributed by atoms with Gasteiger partial charge >= 0.3 is 0 Å². The van der Waals surface area contributed by atoms with Crippen LogP contribution in [0.5, 0.6) is 0 Å². The van der Waals surface area contributed by atoms with Gasteiger partial charge in [-0.1, -0.05) is 24.3 Å². The van der Waals surface area contributed by atoms with Gasteiger partial charge in [0.2, 0.25) is 0 Å². The lowest BCUT2D eigenvalue weighted by atomic mass is 9.83. The zero-order valence-corrected chi connectivity index (χ0v) is 7.73. The third-order valence-corrected chi connectivity index (χ3v) is 2.66. The molecule has 0 saturated heterocycles. The number of hydrogen-bond acceptors (Lipinski definition) is 3. The predicted octanol–water partition coefficient (Wildman–Crippen LogP) is 1.22. The standard InChI is InChI=1S/C10H14N2O/c1-10(7-13-9(11)12-10)8-5-3-2-4-6-8/h2-5,8H,6-7H2,1H3,(H2,11,12)/t8?,10-/m0/s1. The van der Waals surface area contributed by atoms with Crippen molar-refractivity contribution < 1.29 is 4.74 Å². The summed E-state index contributed by atoms with van der Waals surface area (Å²) in [6.45, 7) is 2.68. The second-order valence-electron chi connectivity index (χ2n) is 3.75. The lowest BCUT2D eigenvalue weighted by Gasteiger charge is -2.27. The van der Waals surface area contributed by atoms with E-state index < -0.39 is 0 Å². The van der Waals surface area contributed by atoms with Crippen molar-refractivity contribution in [2.24, 2.45) is 16.6 Å². The summed E-state index contributed by atoms with van der Waals surface area (Å²) in [5.74, 6) is 0.415. The molecule has 2 rings (SSSR count). The van der Waals surface area contributed by atoms with E-state index in [4.69, 9.17) is 10.5 Å². The van der Waals surface area contributed by atoms with E-state index in [9.17, 15) is 0 Å². The Kier molecular flexibility index (Phi) is 1.87. The van der Waals surface area contributed by atoms with Gasteiger partial charge in [0, 0.05) is 5.92 Å². The molecule has 13 heavy (non-hydrogen) atoms. The van der Waals surface area contributed by atoms with Crippen LogP contribution in [0.1, 0.15) is 13.3 Å². The Balaban J connectivity index is 2.16. The van der Waals surface area contributed by atoms with Gasteiger partial charge in [-0.25, -0.2) is 4.99 Å². The van der Waals surface area contributed by atoms with Crippen LogP contribution in [0.4, 0.5) is 0 Å². The number of amidine groups is 1. The van der Waals surface area contributed by atoms with E-state index in [1.54, 1.807) is 0 Å². The third-order valence-electron chi connectivity index (χ3n) is 2.66. The molecule has 1 unspecified atom stereocenters. The summed E-state index contributed by atoms with van der Waals surface area (Å²) in [7, 11) is 0. The molecule has 2 aliphatic rings. The summed E-state index contributed by atoms with van der Waals surface area (Å²) >= 11 is 0. The van der Waals surface area contributed by atoms with Crippen LogP contribution in [0, 0.1) is 5.92 Å². The number of nitrogens with two attached hydrogens (primary N) is 1. The minimum atomic E-state index is -0.161. The first-order valence-corrected chi connectivity index (χ1v) is 4.52. The molecule has 0 radical (unpaired) electrons. The Labute approximate surface area is 78.0 Å². The van der Waals surface area contributed by atoms with E-state index in [2.05, 4.69) is 36.2 Å². The highest BCUT2D eigenvalue weighted by atomic mass is 16.5. The molecular weight excluding hydrogens is 164 g/mol. The third kappa shape index (κ3) is 1.46. The van der Waals surface area contributed by atoms with Crippen LogP contribution in [0.25, 0.3) is 0 Å². The van der Waals surface area contributed by atoms with Gasteiger partial charge in [0.1, 0.15) is 12.1 Å². The van der Waals surface area contributed by atoms with E-state index in [1.165, 1.54) is 0 Å². The van der Waals surface area contributed by atoms with Crippen LogP contribution in [-0.4, -0.2) is 18.2 Å². The maximum atomic E-state index is 5.50. The fourth-order valence-corrected chi connectivity index (χ4v) is 1.77. The minimum absolute atomic E-state index is 0.161. The monoisotopic (exact) mass is 178 g/mol. The summed E-state index contributed by atoms with van der Waals surface area (Å²) in [5, 5.41) is 0. The molecule has 0 aromatic carbocycles. The Bertz CT molecular complexity index is 293. The van der Waals surface area contributed by atoms with Crippen molar-refractivity contribution in [3.05, 3.63) is 24.3 Å². The normalized spacial score (nSPS) is 37.3. The van der Waals surface area contributed by atoms with Gasteiger partial charge in [-0.15, -0.1) is 0 Å². The fourth-order valence-electron chi connectivity index (χ4n) is 1.77. The summed E-state index contributed by atoms with van der Waals surface area (Å²) in [6.07, 6.45) is 9.46. The molecule has 1 aliphatic carbocycles. The maximum absolute atomic E-state index is 5.50. The molecule has 0 aromatic heterocycles. The molecular formula is C10H14N2O. The van der Waals surface area contributed by atoms with E-state index in [1.807, 2.05) is 0 Å². The Morgan fingerprint density at radius 3 is 3.00 bits per heavy atom. The molecule has 2 N–H and O–H groups in total. The lowest BCUT2D eigenvalue weighted by molar-refractivity contribution is 0.227. The summed E-state index contributed by atoms with van der Waals surface area (Å²) in [5.41, 5.74) is 5.34. The van der Waals surface area contributed by atoms with Gasteiger partial charge < -0.3 is 10.5 Å². The molecule has 0 saturated carbocycles. The minimum Gasteiger partial charge on any atom is -0.463 e. The van der Waals surface area contributed by atoms with Crippen LogP contribution in [0.2, 0.25) is 0 Å². The first kappa shape index (κ1) is 8.35. The van der Waals surface area contributed by atoms with E-state index in [0.29, 0.717) is 18.5 Å². The maximum Gasteiger partial charge on any atom is 0.282 e. The molecule has 1 heterocycles. The highest BCUT2D eigenvalue weighted by Crippen LogP contribution is 2.31. The molecule has 3 nitrogen and oxygen atoms in total. The van der Waals surface area contributed by atoms with Gasteiger partial charge in [0.05, 0.1) is 0 Å². The first-order chi connectivity index (χ1) is 6.21. The average Bonchev–Trinajstić information content (AvgIpc) is 2.49. The lowest BCUT2D eigenvalue weighted by Crippen LogP contribution is -2.33. The SMILES string of the molecule is C[C@@]1(C2C=CC=CC2)COC(N)=N1. The van der Waals surface area contributed by atoms with Crippen molar-refractivity contribution in [2.45, 2.75) is 18.9 Å². The number of nitrogens with zero attached hydrogens (tertiary/aromatic N) is 1. The van der Waals surface area contributed by atoms with Crippen LogP contribution >= 0.6 is 0 Å². The fraction of sp³-hybridized carbons (Fsp3) is 0.500. The highest BCUT2D eigenvalue weighted by Gasteiger charge is 2.37. The summed E-state index contributed by atoms with van der Waals surface area (Å²) in [4.78, 5) is 4.33. The largest absolute Gasteiger partial charge is 0.463 e. The highest BCUT2D eigenvalue weighted by molar-refractivity contribution is 5.73. The molecule has 0 amide bonds. The number of ether oxygens (including phenoxy) is 1. The van der Waals surface area contributed by atoms with E-state index in [-0.39, 0.29) is 5.54 Å². The van der Waals surface area contributed by atoms with Gasteiger partial charge in [0.15, 0.2) is 0 Å². The molecule has 0 fully saturated rings. The topological polar surface area (TPSA) is 47.6 Å². The van der Waals surface area contributed by atoms with Gasteiger partial charge in [-0.05, 0) is 13.3 Å². The molecule has 70 valence electrons. The van der Waals surface area contributed by atoms with Crippen molar-refractivity contribution >= 4 is 6.02 Å². The molecule has 0 spiro atoms. The molecule has 3 heteroatoms. The smallest absolute Gasteiger partial charge is 0.282 e. The first-order valence-electron chi connectivity index (χ1n) is 4.52. The van der Waals surface area contributed by atoms with Crippen molar-refractivity contribution in [3.63, 3.8) is 0 Å². The average molecular weight is 178 g/mol. The Hall–Kier alpha value is -1.25. The summed E-state index contributed by atoms with van der Waals surface area (Å²) in [6, 6.07) is 0.324. The van der Waals surface area contributed by atoms with E-state index in [0.717, 1.165) is 6.42 Å². The van der Waals surface area contributed by atoms with Crippen molar-refractivity contribution in [1.82, 2.24) is 0 Å². The van der Waals surface area contributed by atoms with Crippen molar-refractivity contribution in [3.8, 4) is 0 Å². The number of hydrogen-bond donors (Lipinski definition) is 1. The number of rotatable bonds is 1. The zero-order chi connectivity index (χ0) is 9.31. The van der Waals surface area contributed by atoms with Crippen molar-refractivity contribution in [1.29, 1.82) is 0 Å². The zero-order valence-electron chi connectivity index (χ0n) is 7.73. The summed E-state index contributed by atoms with van der Waals surface area (Å²) < 4.78 is 5.19. The molecule has 1 aliphatic heterocycles. The second kappa shape index (κ2) is 2.91.